The Labute approximate surface area is 123 Å². The van der Waals surface area contributed by atoms with Crippen LogP contribution in [0.4, 0.5) is 13.2 Å². The Morgan fingerprint density at radius 1 is 1.36 bits per heavy atom. The number of rotatable bonds is 3. The fourth-order valence-corrected chi connectivity index (χ4v) is 2.03. The third-order valence-electron chi connectivity index (χ3n) is 3.15. The van der Waals surface area contributed by atoms with Gasteiger partial charge >= 0.3 is 6.18 Å². The van der Waals surface area contributed by atoms with E-state index < -0.39 is 30.3 Å². The summed E-state index contributed by atoms with van der Waals surface area (Å²) in [7, 11) is 1.13. The summed E-state index contributed by atoms with van der Waals surface area (Å²) in [6, 6.07) is 7.48. The van der Waals surface area contributed by atoms with Crippen LogP contribution in [-0.4, -0.2) is 46.8 Å². The van der Waals surface area contributed by atoms with Crippen molar-refractivity contribution in [1.82, 2.24) is 9.88 Å². The zero-order valence-corrected chi connectivity index (χ0v) is 11.5. The van der Waals surface area contributed by atoms with Gasteiger partial charge in [-0.3, -0.25) is 9.59 Å². The Kier molecular flexibility index (Phi) is 4.23. The average Bonchev–Trinajstić information content (AvgIpc) is 2.44. The van der Waals surface area contributed by atoms with Crippen LogP contribution in [0.15, 0.2) is 35.1 Å². The van der Waals surface area contributed by atoms with Gasteiger partial charge in [0, 0.05) is 24.0 Å². The van der Waals surface area contributed by atoms with Crippen molar-refractivity contribution in [3.05, 3.63) is 46.2 Å². The van der Waals surface area contributed by atoms with Crippen LogP contribution in [-0.2, 0) is 0 Å². The molecule has 2 N–H and O–H groups in total. The van der Waals surface area contributed by atoms with Gasteiger partial charge < -0.3 is 15.0 Å². The number of aliphatic hydroxyl groups excluding tert-OH is 1. The van der Waals surface area contributed by atoms with E-state index >= 15 is 0 Å². The van der Waals surface area contributed by atoms with Gasteiger partial charge in [0.05, 0.1) is 12.1 Å². The fourth-order valence-electron chi connectivity index (χ4n) is 2.03. The minimum Gasteiger partial charge on any atom is -0.382 e. The van der Waals surface area contributed by atoms with Gasteiger partial charge in [0.15, 0.2) is 6.10 Å². The highest BCUT2D eigenvalue weighted by atomic mass is 19.4. The number of benzene rings is 1. The molecule has 1 unspecified atom stereocenters. The van der Waals surface area contributed by atoms with Crippen LogP contribution in [0.1, 0.15) is 10.4 Å². The van der Waals surface area contributed by atoms with Gasteiger partial charge in [-0.25, -0.2) is 0 Å². The summed E-state index contributed by atoms with van der Waals surface area (Å²) in [5.74, 6) is -0.773. The number of pyridine rings is 1. The molecule has 118 valence electrons. The highest BCUT2D eigenvalue weighted by Crippen LogP contribution is 2.22. The van der Waals surface area contributed by atoms with E-state index in [9.17, 15) is 22.8 Å². The van der Waals surface area contributed by atoms with Gasteiger partial charge in [-0.2, -0.15) is 13.2 Å². The Morgan fingerprint density at radius 2 is 2.00 bits per heavy atom. The maximum atomic E-state index is 12.3. The Bertz CT molecular complexity index is 755. The van der Waals surface area contributed by atoms with Crippen molar-refractivity contribution >= 4 is 16.8 Å². The number of halogens is 3. The number of aromatic amines is 1. The third-order valence-corrected chi connectivity index (χ3v) is 3.15. The fraction of sp³-hybridized carbons (Fsp3) is 0.286. The molecule has 0 radical (unpaired) electrons. The van der Waals surface area contributed by atoms with Crippen LogP contribution < -0.4 is 5.56 Å². The highest BCUT2D eigenvalue weighted by Gasteiger charge is 2.39. The van der Waals surface area contributed by atoms with Crippen LogP contribution in [0.5, 0.6) is 0 Å². The Morgan fingerprint density at radius 3 is 2.64 bits per heavy atom. The summed E-state index contributed by atoms with van der Waals surface area (Å²) in [6.07, 6.45) is -7.46. The van der Waals surface area contributed by atoms with Crippen molar-refractivity contribution in [2.45, 2.75) is 12.3 Å². The number of alkyl halides is 3. The third kappa shape index (κ3) is 3.28. The number of para-hydroxylation sites is 1. The molecule has 8 heteroatoms. The summed E-state index contributed by atoms with van der Waals surface area (Å²) in [4.78, 5) is 27.1. The zero-order valence-electron chi connectivity index (χ0n) is 11.5. The van der Waals surface area contributed by atoms with Gasteiger partial charge in [-0.05, 0) is 6.07 Å². The molecule has 5 nitrogen and oxygen atoms in total. The molecule has 1 aromatic heterocycles. The number of likely N-dealkylation sites (N-methyl/N-ethyl adjacent to an activating group) is 1. The first kappa shape index (κ1) is 16.0. The predicted molar refractivity (Wildman–Crippen MR) is 73.6 cm³/mol. The number of nitrogens with zero attached hydrogens (tertiary/aromatic N) is 1. The quantitative estimate of drug-likeness (QED) is 0.902. The number of nitrogens with one attached hydrogen (secondary N) is 1. The second kappa shape index (κ2) is 5.80. The van der Waals surface area contributed by atoms with Crippen molar-refractivity contribution in [2.24, 2.45) is 0 Å². The predicted octanol–water partition coefficient (Wildman–Crippen LogP) is 1.52. The average molecular weight is 314 g/mol. The number of carbonyl (C=O) groups excluding carboxylic acids is 1. The lowest BCUT2D eigenvalue weighted by atomic mass is 10.1. The second-order valence-electron chi connectivity index (χ2n) is 4.84. The molecule has 1 aromatic carbocycles. The number of hydrogen-bond acceptors (Lipinski definition) is 3. The first-order valence-electron chi connectivity index (χ1n) is 6.32. The molecule has 0 saturated carbocycles. The molecule has 0 aliphatic carbocycles. The molecule has 2 rings (SSSR count). The maximum Gasteiger partial charge on any atom is 0.416 e. The number of fused-ring (bicyclic) bond motifs is 1. The number of amides is 1. The van der Waals surface area contributed by atoms with E-state index in [0.29, 0.717) is 10.9 Å². The molecular formula is C14H13F3N2O3. The molecular weight excluding hydrogens is 301 g/mol. The molecule has 22 heavy (non-hydrogen) atoms. The largest absolute Gasteiger partial charge is 0.416 e. The van der Waals surface area contributed by atoms with Crippen LogP contribution in [0.2, 0.25) is 0 Å². The summed E-state index contributed by atoms with van der Waals surface area (Å²) >= 11 is 0. The number of aromatic nitrogens is 1. The molecule has 0 spiro atoms. The Balaban J connectivity index is 2.35. The zero-order chi connectivity index (χ0) is 16.5. The SMILES string of the molecule is CN(CC(O)C(F)(F)F)C(=O)c1cc(=O)[nH]c2ccccc12. The molecule has 0 aliphatic heterocycles. The number of aliphatic hydroxyl groups is 1. The lowest BCUT2D eigenvalue weighted by molar-refractivity contribution is -0.205. The van der Waals surface area contributed by atoms with Crippen molar-refractivity contribution in [2.75, 3.05) is 13.6 Å². The smallest absolute Gasteiger partial charge is 0.382 e. The molecule has 0 saturated heterocycles. The Hall–Kier alpha value is -2.35. The molecule has 2 aromatic rings. The van der Waals surface area contributed by atoms with Crippen LogP contribution in [0.25, 0.3) is 10.9 Å². The summed E-state index contributed by atoms with van der Waals surface area (Å²) in [5.41, 5.74) is -0.147. The maximum absolute atomic E-state index is 12.3. The molecule has 1 amide bonds. The summed E-state index contributed by atoms with van der Waals surface area (Å²) in [6.45, 7) is -0.913. The van der Waals surface area contributed by atoms with Crippen molar-refractivity contribution < 1.29 is 23.1 Å². The van der Waals surface area contributed by atoms with Gasteiger partial charge in [-0.15, -0.1) is 0 Å². The molecule has 0 fully saturated rings. The van der Waals surface area contributed by atoms with E-state index in [1.807, 2.05) is 0 Å². The van der Waals surface area contributed by atoms with E-state index in [1.54, 1.807) is 24.3 Å². The molecule has 1 atom stereocenters. The first-order valence-corrected chi connectivity index (χ1v) is 6.32. The monoisotopic (exact) mass is 314 g/mol. The van der Waals surface area contributed by atoms with E-state index in [0.717, 1.165) is 18.0 Å². The van der Waals surface area contributed by atoms with Crippen molar-refractivity contribution in [3.8, 4) is 0 Å². The summed E-state index contributed by atoms with van der Waals surface area (Å²) < 4.78 is 37.0. The normalized spacial score (nSPS) is 13.1. The highest BCUT2D eigenvalue weighted by molar-refractivity contribution is 6.05. The van der Waals surface area contributed by atoms with Gasteiger partial charge in [0.2, 0.25) is 5.56 Å². The van der Waals surface area contributed by atoms with Crippen molar-refractivity contribution in [1.29, 1.82) is 0 Å². The van der Waals surface area contributed by atoms with E-state index in [4.69, 9.17) is 5.11 Å². The van der Waals surface area contributed by atoms with E-state index in [2.05, 4.69) is 4.98 Å². The van der Waals surface area contributed by atoms with Crippen LogP contribution in [0.3, 0.4) is 0 Å². The van der Waals surface area contributed by atoms with Gasteiger partial charge in [0.1, 0.15) is 0 Å². The lowest BCUT2D eigenvalue weighted by Crippen LogP contribution is -2.42. The standard InChI is InChI=1S/C14H13F3N2O3/c1-19(7-11(20)14(15,16)17)13(22)9-6-12(21)18-10-5-3-2-4-8(9)10/h2-6,11,20H,7H2,1H3,(H,18,21). The van der Waals surface area contributed by atoms with Crippen molar-refractivity contribution in [3.63, 3.8) is 0 Å². The van der Waals surface area contributed by atoms with Crippen LogP contribution >= 0.6 is 0 Å². The van der Waals surface area contributed by atoms with E-state index in [1.165, 1.54) is 0 Å². The van der Waals surface area contributed by atoms with Gasteiger partial charge in [-0.1, -0.05) is 18.2 Å². The van der Waals surface area contributed by atoms with E-state index in [-0.39, 0.29) is 5.56 Å². The van der Waals surface area contributed by atoms with Gasteiger partial charge in [0.25, 0.3) is 5.91 Å². The minimum absolute atomic E-state index is 0.0174. The number of hydrogen-bond donors (Lipinski definition) is 2. The first-order chi connectivity index (χ1) is 10.2. The number of H-pyrrole nitrogens is 1. The number of carbonyl (C=O) groups is 1. The lowest BCUT2D eigenvalue weighted by Gasteiger charge is -2.22. The molecule has 1 heterocycles. The molecule has 0 aliphatic rings. The van der Waals surface area contributed by atoms with Crippen LogP contribution in [0, 0.1) is 0 Å². The molecule has 0 bridgehead atoms. The summed E-state index contributed by atoms with van der Waals surface area (Å²) in [5, 5.41) is 9.45. The minimum atomic E-state index is -4.81. The topological polar surface area (TPSA) is 73.4 Å². The second-order valence-corrected chi connectivity index (χ2v) is 4.84.